The van der Waals surface area contributed by atoms with Gasteiger partial charge in [0.25, 0.3) is 11.1 Å². The number of hydrogen-bond acceptors (Lipinski definition) is 8. The summed E-state index contributed by atoms with van der Waals surface area (Å²) in [6.07, 6.45) is 4.94. The minimum atomic E-state index is 0.469. The summed E-state index contributed by atoms with van der Waals surface area (Å²) in [7, 11) is 0. The lowest BCUT2D eigenvalue weighted by Gasteiger charge is -1.92. The second-order valence-electron chi connectivity index (χ2n) is 4.71. The summed E-state index contributed by atoms with van der Waals surface area (Å²) in [5.74, 6) is 1.89. The average Bonchev–Trinajstić information content (AvgIpc) is 3.32. The monoisotopic (exact) mass is 345 g/mol. The maximum absolute atomic E-state index is 5.65. The van der Waals surface area contributed by atoms with E-state index in [1.54, 1.807) is 30.1 Å². The first-order valence-electron chi connectivity index (χ1n) is 6.77. The number of thioether (sulfide) groups is 1. The van der Waals surface area contributed by atoms with Gasteiger partial charge in [0.1, 0.15) is 17.0 Å². The van der Waals surface area contributed by atoms with Gasteiger partial charge in [0.2, 0.25) is 0 Å². The van der Waals surface area contributed by atoms with Crippen LogP contribution in [0.25, 0.3) is 22.0 Å². The lowest BCUT2D eigenvalue weighted by atomic mass is 10.3. The normalized spacial score (nSPS) is 11.2. The Morgan fingerprint density at radius 3 is 2.96 bits per heavy atom. The lowest BCUT2D eigenvalue weighted by Crippen LogP contribution is -1.81. The molecule has 0 atom stereocenters. The van der Waals surface area contributed by atoms with Gasteiger partial charge in [-0.05, 0) is 19.1 Å². The van der Waals surface area contributed by atoms with Crippen molar-refractivity contribution < 1.29 is 13.3 Å². The Hall–Kier alpha value is -2.32. The van der Waals surface area contributed by atoms with E-state index in [4.69, 9.17) is 13.3 Å². The summed E-state index contributed by atoms with van der Waals surface area (Å²) in [5, 5.41) is 11.6. The number of rotatable bonds is 5. The highest BCUT2D eigenvalue weighted by Crippen LogP contribution is 2.30. The molecule has 0 amide bonds. The quantitative estimate of drug-likeness (QED) is 0.487. The number of thiazole rings is 1. The van der Waals surface area contributed by atoms with E-state index < -0.39 is 0 Å². The first-order chi connectivity index (χ1) is 11.3. The molecule has 6 nitrogen and oxygen atoms in total. The van der Waals surface area contributed by atoms with Gasteiger partial charge < -0.3 is 13.3 Å². The second kappa shape index (κ2) is 6.05. The SMILES string of the molecule is Cc1occc1-c1nnc(SCc2csc(-c3ccoc3)n2)o1. The molecule has 116 valence electrons. The van der Waals surface area contributed by atoms with E-state index in [-0.39, 0.29) is 0 Å². The molecular weight excluding hydrogens is 334 g/mol. The Morgan fingerprint density at radius 1 is 1.22 bits per heavy atom. The molecule has 0 fully saturated rings. The molecule has 0 saturated carbocycles. The maximum Gasteiger partial charge on any atom is 0.277 e. The minimum Gasteiger partial charge on any atom is -0.472 e. The van der Waals surface area contributed by atoms with Gasteiger partial charge in [-0.3, -0.25) is 0 Å². The predicted molar refractivity (Wildman–Crippen MR) is 86.1 cm³/mol. The van der Waals surface area contributed by atoms with Gasteiger partial charge in [-0.2, -0.15) is 0 Å². The fourth-order valence-corrected chi connectivity index (χ4v) is 3.58. The number of nitrogens with zero attached hydrogens (tertiary/aromatic N) is 3. The van der Waals surface area contributed by atoms with Crippen LogP contribution in [-0.4, -0.2) is 15.2 Å². The Labute approximate surface area is 139 Å². The van der Waals surface area contributed by atoms with Crippen molar-refractivity contribution in [1.29, 1.82) is 0 Å². The van der Waals surface area contributed by atoms with E-state index in [0.29, 0.717) is 16.9 Å². The van der Waals surface area contributed by atoms with Gasteiger partial charge >= 0.3 is 0 Å². The topological polar surface area (TPSA) is 78.1 Å². The third-order valence-electron chi connectivity index (χ3n) is 3.16. The van der Waals surface area contributed by atoms with Crippen LogP contribution in [0.4, 0.5) is 0 Å². The van der Waals surface area contributed by atoms with Crippen molar-refractivity contribution in [1.82, 2.24) is 15.2 Å². The third kappa shape index (κ3) is 2.95. The molecule has 0 unspecified atom stereocenters. The van der Waals surface area contributed by atoms with Crippen LogP contribution in [0, 0.1) is 6.92 Å². The Balaban J connectivity index is 1.44. The molecule has 4 aromatic rings. The van der Waals surface area contributed by atoms with Gasteiger partial charge in [-0.25, -0.2) is 4.98 Å². The van der Waals surface area contributed by atoms with E-state index in [2.05, 4.69) is 15.2 Å². The molecule has 8 heteroatoms. The summed E-state index contributed by atoms with van der Waals surface area (Å²) in [6.45, 7) is 1.86. The van der Waals surface area contributed by atoms with Crippen molar-refractivity contribution in [2.24, 2.45) is 0 Å². The van der Waals surface area contributed by atoms with Crippen molar-refractivity contribution in [2.45, 2.75) is 17.9 Å². The largest absolute Gasteiger partial charge is 0.472 e. The molecule has 0 aliphatic rings. The summed E-state index contributed by atoms with van der Waals surface area (Å²) >= 11 is 3.04. The van der Waals surface area contributed by atoms with Gasteiger partial charge in [-0.1, -0.05) is 11.8 Å². The second-order valence-corrected chi connectivity index (χ2v) is 6.49. The highest BCUT2D eigenvalue weighted by atomic mass is 32.2. The molecular formula is C15H11N3O3S2. The lowest BCUT2D eigenvalue weighted by molar-refractivity contribution is 0.463. The fraction of sp³-hybridized carbons (Fsp3) is 0.133. The average molecular weight is 345 g/mol. The van der Waals surface area contributed by atoms with Gasteiger partial charge in [0.15, 0.2) is 0 Å². The molecule has 0 N–H and O–H groups in total. The van der Waals surface area contributed by atoms with Crippen LogP contribution in [0.3, 0.4) is 0 Å². The summed E-state index contributed by atoms with van der Waals surface area (Å²) in [4.78, 5) is 4.57. The molecule has 4 aromatic heterocycles. The number of aromatic nitrogens is 3. The summed E-state index contributed by atoms with van der Waals surface area (Å²) < 4.78 is 16.0. The predicted octanol–water partition coefficient (Wildman–Crippen LogP) is 4.65. The first kappa shape index (κ1) is 14.3. The van der Waals surface area contributed by atoms with Crippen LogP contribution in [0.5, 0.6) is 0 Å². The van der Waals surface area contributed by atoms with Gasteiger partial charge in [-0.15, -0.1) is 21.5 Å². The van der Waals surface area contributed by atoms with Crippen LogP contribution in [0.2, 0.25) is 0 Å². The number of furan rings is 2. The van der Waals surface area contributed by atoms with Crippen molar-refractivity contribution in [2.75, 3.05) is 0 Å². The van der Waals surface area contributed by atoms with Crippen molar-refractivity contribution in [3.05, 3.63) is 47.8 Å². The van der Waals surface area contributed by atoms with Crippen molar-refractivity contribution in [3.8, 4) is 22.0 Å². The highest BCUT2D eigenvalue weighted by Gasteiger charge is 2.14. The fourth-order valence-electron chi connectivity index (χ4n) is 2.01. The van der Waals surface area contributed by atoms with Crippen molar-refractivity contribution >= 4 is 23.1 Å². The highest BCUT2D eigenvalue weighted by molar-refractivity contribution is 7.98. The van der Waals surface area contributed by atoms with Crippen LogP contribution in [0.1, 0.15) is 11.5 Å². The van der Waals surface area contributed by atoms with Crippen molar-refractivity contribution in [3.63, 3.8) is 0 Å². The molecule has 4 rings (SSSR count). The van der Waals surface area contributed by atoms with E-state index in [1.807, 2.05) is 24.4 Å². The molecule has 0 spiro atoms. The van der Waals surface area contributed by atoms with E-state index in [0.717, 1.165) is 27.6 Å². The number of aryl methyl sites for hydroxylation is 1. The van der Waals surface area contributed by atoms with E-state index in [1.165, 1.54) is 11.8 Å². The minimum absolute atomic E-state index is 0.469. The van der Waals surface area contributed by atoms with E-state index in [9.17, 15) is 0 Å². The zero-order valence-electron chi connectivity index (χ0n) is 12.1. The van der Waals surface area contributed by atoms with Crippen LogP contribution >= 0.6 is 23.1 Å². The molecule has 0 aliphatic carbocycles. The first-order valence-corrected chi connectivity index (χ1v) is 8.64. The zero-order valence-corrected chi connectivity index (χ0v) is 13.7. The Morgan fingerprint density at radius 2 is 2.17 bits per heavy atom. The Bertz CT molecular complexity index is 908. The van der Waals surface area contributed by atoms with Crippen LogP contribution in [0.15, 0.2) is 54.8 Å². The van der Waals surface area contributed by atoms with E-state index >= 15 is 0 Å². The molecule has 0 aliphatic heterocycles. The van der Waals surface area contributed by atoms with Crippen LogP contribution < -0.4 is 0 Å². The third-order valence-corrected chi connectivity index (χ3v) is 4.95. The molecule has 0 aromatic carbocycles. The molecule has 23 heavy (non-hydrogen) atoms. The Kier molecular flexibility index (Phi) is 3.76. The smallest absolute Gasteiger partial charge is 0.277 e. The molecule has 0 saturated heterocycles. The van der Waals surface area contributed by atoms with Crippen LogP contribution in [-0.2, 0) is 5.75 Å². The molecule has 4 heterocycles. The standard InChI is InChI=1S/C15H11N3O3S2/c1-9-12(3-5-20-9)13-17-18-15(21-13)23-8-11-7-22-14(16-11)10-2-4-19-6-10/h2-7H,8H2,1H3. The maximum atomic E-state index is 5.65. The zero-order chi connectivity index (χ0) is 15.6. The number of hydrogen-bond donors (Lipinski definition) is 0. The summed E-state index contributed by atoms with van der Waals surface area (Å²) in [6, 6.07) is 3.71. The molecule has 0 bridgehead atoms. The van der Waals surface area contributed by atoms with Gasteiger partial charge in [0, 0.05) is 16.7 Å². The van der Waals surface area contributed by atoms with Gasteiger partial charge in [0.05, 0.1) is 23.8 Å². The molecule has 0 radical (unpaired) electrons. The summed E-state index contributed by atoms with van der Waals surface area (Å²) in [5.41, 5.74) is 2.78.